The van der Waals surface area contributed by atoms with Crippen molar-refractivity contribution in [3.8, 4) is 11.4 Å². The van der Waals surface area contributed by atoms with Crippen molar-refractivity contribution in [2.75, 3.05) is 25.0 Å². The molecule has 2 aromatic carbocycles. The molecule has 0 spiro atoms. The highest BCUT2D eigenvalue weighted by Crippen LogP contribution is 2.34. The maximum atomic E-state index is 13.1. The number of carbonyl (C=O) groups is 1. The Hall–Kier alpha value is -3.13. The van der Waals surface area contributed by atoms with Gasteiger partial charge in [-0.05, 0) is 44.0 Å². The fourth-order valence-corrected chi connectivity index (χ4v) is 4.14. The molecule has 0 aliphatic carbocycles. The maximum Gasteiger partial charge on any atom is 0.418 e. The average Bonchev–Trinajstić information content (AvgIpc) is 3.23. The number of rotatable bonds is 6. The standard InChI is InChI=1S/C24H25F3N4O/c25-24(26,27)20-8-4-5-9-21(20)29-22(32)17-30-13-10-18(11-14-30)16-31-15-12-28-23(31)19-6-2-1-3-7-19/h1-9,12,15,18H,10-11,13-14,16-17H2,(H,29,32). The monoisotopic (exact) mass is 442 g/mol. The Bertz CT molecular complexity index is 1040. The molecule has 0 saturated carbocycles. The number of imidazole rings is 1. The van der Waals surface area contributed by atoms with E-state index >= 15 is 0 Å². The smallest absolute Gasteiger partial charge is 0.331 e. The highest BCUT2D eigenvalue weighted by atomic mass is 19.4. The van der Waals surface area contributed by atoms with Gasteiger partial charge in [0, 0.05) is 24.5 Å². The molecule has 32 heavy (non-hydrogen) atoms. The van der Waals surface area contributed by atoms with Crippen molar-refractivity contribution in [1.29, 1.82) is 0 Å². The predicted molar refractivity (Wildman–Crippen MR) is 117 cm³/mol. The zero-order valence-corrected chi connectivity index (χ0v) is 17.6. The second kappa shape index (κ2) is 9.56. The quantitative estimate of drug-likeness (QED) is 0.590. The van der Waals surface area contributed by atoms with Gasteiger partial charge < -0.3 is 9.88 Å². The Balaban J connectivity index is 1.29. The number of likely N-dealkylation sites (tertiary alicyclic amines) is 1. The predicted octanol–water partition coefficient (Wildman–Crippen LogP) is 4.92. The fraction of sp³-hybridized carbons (Fsp3) is 0.333. The van der Waals surface area contributed by atoms with Gasteiger partial charge >= 0.3 is 6.18 Å². The van der Waals surface area contributed by atoms with Crippen LogP contribution in [0.1, 0.15) is 18.4 Å². The van der Waals surface area contributed by atoms with Crippen molar-refractivity contribution in [3.05, 3.63) is 72.6 Å². The molecule has 1 aliphatic heterocycles. The van der Waals surface area contributed by atoms with E-state index < -0.39 is 17.6 Å². The molecule has 0 unspecified atom stereocenters. The summed E-state index contributed by atoms with van der Waals surface area (Å²) in [5.41, 5.74) is 0.0424. The van der Waals surface area contributed by atoms with E-state index in [4.69, 9.17) is 0 Å². The minimum absolute atomic E-state index is 0.0826. The van der Waals surface area contributed by atoms with Gasteiger partial charge in [-0.15, -0.1) is 0 Å². The summed E-state index contributed by atoms with van der Waals surface area (Å²) in [4.78, 5) is 18.9. The van der Waals surface area contributed by atoms with Crippen LogP contribution >= 0.6 is 0 Å². The van der Waals surface area contributed by atoms with Gasteiger partial charge in [0.2, 0.25) is 5.91 Å². The largest absolute Gasteiger partial charge is 0.418 e. The van der Waals surface area contributed by atoms with Crippen molar-refractivity contribution >= 4 is 11.6 Å². The highest BCUT2D eigenvalue weighted by molar-refractivity contribution is 5.93. The molecule has 3 aromatic rings. The SMILES string of the molecule is O=C(CN1CCC(Cn2ccnc2-c2ccccc2)CC1)Nc1ccccc1C(F)(F)F. The molecule has 2 heterocycles. The van der Waals surface area contributed by atoms with Crippen molar-refractivity contribution in [3.63, 3.8) is 0 Å². The molecule has 1 aromatic heterocycles. The molecular weight excluding hydrogens is 417 g/mol. The Morgan fingerprint density at radius 2 is 1.72 bits per heavy atom. The van der Waals surface area contributed by atoms with Crippen molar-refractivity contribution < 1.29 is 18.0 Å². The van der Waals surface area contributed by atoms with E-state index in [9.17, 15) is 18.0 Å². The van der Waals surface area contributed by atoms with Crippen LogP contribution in [0.3, 0.4) is 0 Å². The number of alkyl halides is 3. The third-order valence-corrected chi connectivity index (χ3v) is 5.78. The van der Waals surface area contributed by atoms with E-state index in [0.717, 1.165) is 49.9 Å². The van der Waals surface area contributed by atoms with Gasteiger partial charge in [-0.25, -0.2) is 4.98 Å². The van der Waals surface area contributed by atoms with Crippen LogP contribution in [0.15, 0.2) is 67.0 Å². The summed E-state index contributed by atoms with van der Waals surface area (Å²) in [6.07, 6.45) is 1.12. The van der Waals surface area contributed by atoms with Crippen LogP contribution in [0.5, 0.6) is 0 Å². The summed E-state index contributed by atoms with van der Waals surface area (Å²) >= 11 is 0. The number of nitrogens with zero attached hydrogens (tertiary/aromatic N) is 3. The number of hydrogen-bond donors (Lipinski definition) is 1. The number of hydrogen-bond acceptors (Lipinski definition) is 3. The van der Waals surface area contributed by atoms with Crippen LogP contribution in [0, 0.1) is 5.92 Å². The molecule has 8 heteroatoms. The fourth-order valence-electron chi connectivity index (χ4n) is 4.14. The number of nitrogens with one attached hydrogen (secondary N) is 1. The van der Waals surface area contributed by atoms with E-state index in [-0.39, 0.29) is 12.2 Å². The van der Waals surface area contributed by atoms with Gasteiger partial charge in [0.1, 0.15) is 5.82 Å². The lowest BCUT2D eigenvalue weighted by atomic mass is 9.96. The Morgan fingerprint density at radius 3 is 2.44 bits per heavy atom. The lowest BCUT2D eigenvalue weighted by Gasteiger charge is -2.32. The van der Waals surface area contributed by atoms with E-state index in [1.807, 2.05) is 41.4 Å². The molecule has 4 rings (SSSR count). The van der Waals surface area contributed by atoms with Gasteiger partial charge in [0.25, 0.3) is 0 Å². The van der Waals surface area contributed by atoms with Crippen LogP contribution in [0.2, 0.25) is 0 Å². The second-order valence-electron chi connectivity index (χ2n) is 8.08. The minimum Gasteiger partial charge on any atom is -0.331 e. The van der Waals surface area contributed by atoms with Gasteiger partial charge in [-0.1, -0.05) is 42.5 Å². The van der Waals surface area contributed by atoms with Crippen molar-refractivity contribution in [2.24, 2.45) is 5.92 Å². The van der Waals surface area contributed by atoms with Crippen molar-refractivity contribution in [1.82, 2.24) is 14.5 Å². The number of halogens is 3. The summed E-state index contributed by atoms with van der Waals surface area (Å²) in [7, 11) is 0. The van der Waals surface area contributed by atoms with Crippen LogP contribution in [-0.2, 0) is 17.5 Å². The molecule has 0 atom stereocenters. The minimum atomic E-state index is -4.51. The Morgan fingerprint density at radius 1 is 1.03 bits per heavy atom. The first-order valence-corrected chi connectivity index (χ1v) is 10.6. The second-order valence-corrected chi connectivity index (χ2v) is 8.08. The topological polar surface area (TPSA) is 50.2 Å². The number of amides is 1. The number of para-hydroxylation sites is 1. The van der Waals surface area contributed by atoms with E-state index in [1.54, 1.807) is 6.20 Å². The molecule has 1 saturated heterocycles. The summed E-state index contributed by atoms with van der Waals surface area (Å²) in [5, 5.41) is 2.42. The number of carbonyl (C=O) groups excluding carboxylic acids is 1. The highest BCUT2D eigenvalue weighted by Gasteiger charge is 2.33. The summed E-state index contributed by atoms with van der Waals surface area (Å²) in [6, 6.07) is 15.1. The molecule has 1 amide bonds. The molecular formula is C24H25F3N4O. The van der Waals surface area contributed by atoms with Gasteiger partial charge in [-0.3, -0.25) is 9.69 Å². The lowest BCUT2D eigenvalue weighted by Crippen LogP contribution is -2.40. The first-order chi connectivity index (χ1) is 15.4. The molecule has 1 N–H and O–H groups in total. The maximum absolute atomic E-state index is 13.1. The van der Waals surface area contributed by atoms with Gasteiger partial charge in [-0.2, -0.15) is 13.2 Å². The number of piperidine rings is 1. The van der Waals surface area contributed by atoms with Crippen molar-refractivity contribution in [2.45, 2.75) is 25.6 Å². The first kappa shape index (κ1) is 22.1. The van der Waals surface area contributed by atoms with Crippen LogP contribution in [0.25, 0.3) is 11.4 Å². The molecule has 0 bridgehead atoms. The number of anilines is 1. The summed E-state index contributed by atoms with van der Waals surface area (Å²) in [5.74, 6) is 0.966. The summed E-state index contributed by atoms with van der Waals surface area (Å²) < 4.78 is 41.5. The molecule has 5 nitrogen and oxygen atoms in total. The van der Waals surface area contributed by atoms with Gasteiger partial charge in [0.05, 0.1) is 17.8 Å². The van der Waals surface area contributed by atoms with Crippen LogP contribution in [0.4, 0.5) is 18.9 Å². The molecule has 168 valence electrons. The summed E-state index contributed by atoms with van der Waals surface area (Å²) in [6.45, 7) is 2.39. The number of aromatic nitrogens is 2. The van der Waals surface area contributed by atoms with Gasteiger partial charge in [0.15, 0.2) is 0 Å². The van der Waals surface area contributed by atoms with Crippen LogP contribution in [-0.4, -0.2) is 40.0 Å². The van der Waals surface area contributed by atoms with E-state index in [1.165, 1.54) is 18.2 Å². The normalized spacial score (nSPS) is 15.6. The zero-order valence-electron chi connectivity index (χ0n) is 17.6. The first-order valence-electron chi connectivity index (χ1n) is 10.6. The Labute approximate surface area is 184 Å². The molecule has 1 fully saturated rings. The third-order valence-electron chi connectivity index (χ3n) is 5.78. The van der Waals surface area contributed by atoms with E-state index in [0.29, 0.717) is 5.92 Å². The molecule has 0 radical (unpaired) electrons. The molecule has 1 aliphatic rings. The average molecular weight is 442 g/mol. The lowest BCUT2D eigenvalue weighted by molar-refractivity contribution is -0.137. The third kappa shape index (κ3) is 5.37. The van der Waals surface area contributed by atoms with Crippen LogP contribution < -0.4 is 5.32 Å². The number of benzene rings is 2. The Kier molecular flexibility index (Phi) is 6.60. The van der Waals surface area contributed by atoms with E-state index in [2.05, 4.69) is 14.9 Å². The zero-order chi connectivity index (χ0) is 22.6.